The van der Waals surface area contributed by atoms with Crippen molar-refractivity contribution in [2.45, 2.75) is 0 Å². The minimum Gasteiger partial charge on any atom is -0.382 e. The monoisotopic (exact) mass is 252 g/mol. The van der Waals surface area contributed by atoms with E-state index in [2.05, 4.69) is 5.32 Å². The van der Waals surface area contributed by atoms with Crippen molar-refractivity contribution in [1.29, 1.82) is 0 Å². The molecule has 0 atom stereocenters. The molecular formula is C12H16N2O4. The summed E-state index contributed by atoms with van der Waals surface area (Å²) in [5.74, 6) is -0.838. The highest BCUT2D eigenvalue weighted by molar-refractivity contribution is 5.96. The second-order valence-corrected chi connectivity index (χ2v) is 3.54. The standard InChI is InChI=1S/C12H16N2O4/c1-17-5-6-18-8-11(15)14-10-4-2-3-9(7-10)12(13)16/h2-4,7H,5-6,8H2,1H3,(H2,13,16)(H,14,15). The van der Waals surface area contributed by atoms with Crippen molar-refractivity contribution < 1.29 is 19.1 Å². The molecule has 1 rings (SSSR count). The maximum Gasteiger partial charge on any atom is 0.250 e. The molecule has 1 aromatic rings. The van der Waals surface area contributed by atoms with Crippen LogP contribution in [0, 0.1) is 0 Å². The van der Waals surface area contributed by atoms with Gasteiger partial charge in [0.05, 0.1) is 13.2 Å². The van der Waals surface area contributed by atoms with E-state index in [0.29, 0.717) is 24.5 Å². The fourth-order valence-electron chi connectivity index (χ4n) is 1.25. The van der Waals surface area contributed by atoms with Crippen molar-refractivity contribution in [3.8, 4) is 0 Å². The summed E-state index contributed by atoms with van der Waals surface area (Å²) in [4.78, 5) is 22.4. The highest BCUT2D eigenvalue weighted by Crippen LogP contribution is 2.09. The number of hydrogen-bond donors (Lipinski definition) is 2. The van der Waals surface area contributed by atoms with Gasteiger partial charge in [0.15, 0.2) is 0 Å². The lowest BCUT2D eigenvalue weighted by Crippen LogP contribution is -2.20. The first-order valence-electron chi connectivity index (χ1n) is 5.40. The fraction of sp³-hybridized carbons (Fsp3) is 0.333. The normalized spacial score (nSPS) is 10.1. The Morgan fingerprint density at radius 1 is 1.33 bits per heavy atom. The second kappa shape index (κ2) is 7.41. The lowest BCUT2D eigenvalue weighted by Gasteiger charge is -2.06. The largest absolute Gasteiger partial charge is 0.382 e. The van der Waals surface area contributed by atoms with Gasteiger partial charge in [-0.2, -0.15) is 0 Å². The number of benzene rings is 1. The van der Waals surface area contributed by atoms with Crippen LogP contribution in [0.2, 0.25) is 0 Å². The number of anilines is 1. The minimum atomic E-state index is -0.539. The fourth-order valence-corrected chi connectivity index (χ4v) is 1.25. The van der Waals surface area contributed by atoms with Gasteiger partial charge in [-0.05, 0) is 18.2 Å². The molecule has 3 N–H and O–H groups in total. The molecule has 0 saturated carbocycles. The number of nitrogens with two attached hydrogens (primary N) is 1. The van der Waals surface area contributed by atoms with Crippen LogP contribution in [-0.2, 0) is 14.3 Å². The van der Waals surface area contributed by atoms with Gasteiger partial charge in [0.1, 0.15) is 6.61 Å². The van der Waals surface area contributed by atoms with Crippen LogP contribution in [0.15, 0.2) is 24.3 Å². The molecule has 6 nitrogen and oxygen atoms in total. The quantitative estimate of drug-likeness (QED) is 0.687. The first-order chi connectivity index (χ1) is 8.63. The maximum absolute atomic E-state index is 11.5. The number of carbonyl (C=O) groups excluding carboxylic acids is 2. The van der Waals surface area contributed by atoms with Crippen molar-refractivity contribution in [2.24, 2.45) is 5.73 Å². The molecule has 0 aliphatic rings. The molecule has 0 heterocycles. The van der Waals surface area contributed by atoms with Gasteiger partial charge < -0.3 is 20.5 Å². The number of ether oxygens (including phenoxy) is 2. The minimum absolute atomic E-state index is 0.0653. The molecule has 0 radical (unpaired) electrons. The van der Waals surface area contributed by atoms with E-state index in [1.54, 1.807) is 25.3 Å². The average molecular weight is 252 g/mol. The number of carbonyl (C=O) groups is 2. The Morgan fingerprint density at radius 2 is 2.11 bits per heavy atom. The van der Waals surface area contributed by atoms with E-state index in [1.165, 1.54) is 6.07 Å². The summed E-state index contributed by atoms with van der Waals surface area (Å²) in [5, 5.41) is 2.60. The van der Waals surface area contributed by atoms with E-state index >= 15 is 0 Å². The van der Waals surface area contributed by atoms with Crippen LogP contribution < -0.4 is 11.1 Å². The van der Waals surface area contributed by atoms with E-state index in [0.717, 1.165) is 0 Å². The molecule has 98 valence electrons. The average Bonchev–Trinajstić information content (AvgIpc) is 2.35. The van der Waals surface area contributed by atoms with Gasteiger partial charge in [-0.1, -0.05) is 6.07 Å². The third-order valence-electron chi connectivity index (χ3n) is 2.10. The maximum atomic E-state index is 11.5. The number of amides is 2. The van der Waals surface area contributed by atoms with Gasteiger partial charge in [0.2, 0.25) is 11.8 Å². The van der Waals surface area contributed by atoms with E-state index in [9.17, 15) is 9.59 Å². The Bertz CT molecular complexity index is 420. The summed E-state index contributed by atoms with van der Waals surface area (Å²) in [7, 11) is 1.55. The third-order valence-corrected chi connectivity index (χ3v) is 2.10. The SMILES string of the molecule is COCCOCC(=O)Nc1cccc(C(N)=O)c1. The predicted octanol–water partition coefficient (Wildman–Crippen LogP) is 0.387. The highest BCUT2D eigenvalue weighted by atomic mass is 16.5. The van der Waals surface area contributed by atoms with Crippen LogP contribution in [-0.4, -0.2) is 38.7 Å². The number of primary amides is 1. The van der Waals surface area contributed by atoms with Crippen LogP contribution in [0.4, 0.5) is 5.69 Å². The molecule has 0 aliphatic heterocycles. The summed E-state index contributed by atoms with van der Waals surface area (Å²) < 4.78 is 9.83. The molecule has 0 bridgehead atoms. The number of rotatable bonds is 7. The molecular weight excluding hydrogens is 236 g/mol. The first-order valence-corrected chi connectivity index (χ1v) is 5.40. The summed E-state index contributed by atoms with van der Waals surface area (Å²) in [6, 6.07) is 6.39. The zero-order chi connectivity index (χ0) is 13.4. The van der Waals surface area contributed by atoms with Crippen molar-refractivity contribution in [2.75, 3.05) is 32.2 Å². The topological polar surface area (TPSA) is 90.7 Å². The predicted molar refractivity (Wildman–Crippen MR) is 66.3 cm³/mol. The molecule has 0 aliphatic carbocycles. The van der Waals surface area contributed by atoms with Gasteiger partial charge in [-0.25, -0.2) is 0 Å². The van der Waals surface area contributed by atoms with Crippen molar-refractivity contribution in [1.82, 2.24) is 0 Å². The summed E-state index contributed by atoms with van der Waals surface area (Å²) >= 11 is 0. The zero-order valence-corrected chi connectivity index (χ0v) is 10.1. The van der Waals surface area contributed by atoms with Gasteiger partial charge in [-0.15, -0.1) is 0 Å². The Kier molecular flexibility index (Phi) is 5.83. The Labute approximate surface area is 105 Å². The molecule has 2 amide bonds. The Hall–Kier alpha value is -1.92. The van der Waals surface area contributed by atoms with E-state index in [-0.39, 0.29) is 12.5 Å². The molecule has 0 aromatic heterocycles. The van der Waals surface area contributed by atoms with Crippen molar-refractivity contribution >= 4 is 17.5 Å². The van der Waals surface area contributed by atoms with Crippen LogP contribution >= 0.6 is 0 Å². The lowest BCUT2D eigenvalue weighted by molar-refractivity contribution is -0.121. The molecule has 18 heavy (non-hydrogen) atoms. The lowest BCUT2D eigenvalue weighted by atomic mass is 10.2. The van der Waals surface area contributed by atoms with Gasteiger partial charge >= 0.3 is 0 Å². The van der Waals surface area contributed by atoms with Gasteiger partial charge in [0.25, 0.3) is 0 Å². The Balaban J connectivity index is 2.44. The van der Waals surface area contributed by atoms with E-state index < -0.39 is 5.91 Å². The van der Waals surface area contributed by atoms with Crippen LogP contribution in [0.5, 0.6) is 0 Å². The highest BCUT2D eigenvalue weighted by Gasteiger charge is 2.05. The molecule has 0 spiro atoms. The summed E-state index contributed by atoms with van der Waals surface area (Å²) in [6.07, 6.45) is 0. The third kappa shape index (κ3) is 4.94. The van der Waals surface area contributed by atoms with Gasteiger partial charge in [-0.3, -0.25) is 9.59 Å². The van der Waals surface area contributed by atoms with Crippen molar-refractivity contribution in [3.63, 3.8) is 0 Å². The molecule has 6 heteroatoms. The summed E-state index contributed by atoms with van der Waals surface area (Å²) in [5.41, 5.74) is 5.98. The second-order valence-electron chi connectivity index (χ2n) is 3.54. The number of methoxy groups -OCH3 is 1. The molecule has 0 saturated heterocycles. The zero-order valence-electron chi connectivity index (χ0n) is 10.1. The van der Waals surface area contributed by atoms with Crippen LogP contribution in [0.25, 0.3) is 0 Å². The van der Waals surface area contributed by atoms with Crippen molar-refractivity contribution in [3.05, 3.63) is 29.8 Å². The van der Waals surface area contributed by atoms with Gasteiger partial charge in [0, 0.05) is 18.4 Å². The summed E-state index contributed by atoms with van der Waals surface area (Å²) in [6.45, 7) is 0.722. The molecule has 1 aromatic carbocycles. The van der Waals surface area contributed by atoms with Crippen LogP contribution in [0.1, 0.15) is 10.4 Å². The molecule has 0 unspecified atom stereocenters. The number of nitrogens with one attached hydrogen (secondary N) is 1. The van der Waals surface area contributed by atoms with Crippen LogP contribution in [0.3, 0.4) is 0 Å². The number of hydrogen-bond acceptors (Lipinski definition) is 4. The van der Waals surface area contributed by atoms with E-state index in [1.807, 2.05) is 0 Å². The Morgan fingerprint density at radius 3 is 2.78 bits per heavy atom. The smallest absolute Gasteiger partial charge is 0.250 e. The van der Waals surface area contributed by atoms with E-state index in [4.69, 9.17) is 15.2 Å². The first kappa shape index (κ1) is 14.1. The molecule has 0 fully saturated rings.